The molecule has 8 aromatic carbocycles. The van der Waals surface area contributed by atoms with Crippen molar-refractivity contribution in [2.75, 3.05) is 0 Å². The molecule has 0 saturated carbocycles. The lowest BCUT2D eigenvalue weighted by Crippen LogP contribution is -1.97. The summed E-state index contributed by atoms with van der Waals surface area (Å²) in [4.78, 5) is 9.07. The molecule has 0 aliphatic rings. The van der Waals surface area contributed by atoms with Crippen molar-refractivity contribution in [2.24, 2.45) is 0 Å². The standard InChI is InChI=1S/C46H30N2/c1-3-14-32(15-4-1)36-25-27-42(40-21-11-9-19-38(36)40)44-30-45(48-46(47-44)33-16-5-2-6-17-33)43-28-26-37(39-20-10-12-22-41(39)43)35-24-23-31-13-7-8-18-34(31)29-35/h1-30H/i2D,5D,6D,7D,8D,9D,10D,11D,12D,13D,16D,17D,18D,19D,20D,21D,22D,23D,24D,25D,26D,27D,28D,29D. The minimum Gasteiger partial charge on any atom is -0.228 e. The van der Waals surface area contributed by atoms with Gasteiger partial charge in [0.05, 0.1) is 44.3 Å². The van der Waals surface area contributed by atoms with Crippen LogP contribution >= 0.6 is 0 Å². The van der Waals surface area contributed by atoms with Crippen LogP contribution in [0.4, 0.5) is 0 Å². The van der Waals surface area contributed by atoms with Gasteiger partial charge in [0.1, 0.15) is 0 Å². The highest BCUT2D eigenvalue weighted by Crippen LogP contribution is 2.40. The number of aromatic nitrogens is 2. The fraction of sp³-hybridized carbons (Fsp3) is 0. The Kier molecular flexibility index (Phi) is 3.11. The van der Waals surface area contributed by atoms with E-state index in [1.54, 1.807) is 30.3 Å². The molecule has 2 heteroatoms. The molecule has 0 N–H and O–H groups in total. The molecule has 1 heterocycles. The molecular weight excluding hydrogens is 581 g/mol. The first kappa shape index (κ1) is 12.7. The van der Waals surface area contributed by atoms with Crippen molar-refractivity contribution in [2.45, 2.75) is 0 Å². The highest BCUT2D eigenvalue weighted by Gasteiger charge is 2.17. The zero-order chi connectivity index (χ0) is 52.8. The zero-order valence-electron chi connectivity index (χ0n) is 48.4. The minimum atomic E-state index is -0.963. The smallest absolute Gasteiger partial charge is 0.160 e. The van der Waals surface area contributed by atoms with E-state index < -0.39 is 212 Å². The van der Waals surface area contributed by atoms with Gasteiger partial charge in [-0.3, -0.25) is 0 Å². The van der Waals surface area contributed by atoms with Gasteiger partial charge in [0.25, 0.3) is 0 Å². The summed E-state index contributed by atoms with van der Waals surface area (Å²) in [6.45, 7) is 0. The summed E-state index contributed by atoms with van der Waals surface area (Å²) in [7, 11) is 0. The molecule has 2 nitrogen and oxygen atoms in total. The van der Waals surface area contributed by atoms with E-state index in [0.717, 1.165) is 6.07 Å². The molecule has 0 fully saturated rings. The molecule has 1 aromatic heterocycles. The second-order valence-electron chi connectivity index (χ2n) is 10.3. The summed E-state index contributed by atoms with van der Waals surface area (Å²) in [6, 6.07) is -10.5. The lowest BCUT2D eigenvalue weighted by atomic mass is 9.91. The number of nitrogens with zero attached hydrogens (tertiary/aromatic N) is 2. The Morgan fingerprint density at radius 1 is 0.375 bits per heavy atom. The van der Waals surface area contributed by atoms with Gasteiger partial charge in [0, 0.05) is 16.7 Å². The van der Waals surface area contributed by atoms with Crippen molar-refractivity contribution in [3.05, 3.63) is 181 Å². The maximum absolute atomic E-state index is 9.65. The molecule has 0 saturated heterocycles. The highest BCUT2D eigenvalue weighted by molar-refractivity contribution is 6.07. The van der Waals surface area contributed by atoms with Crippen molar-refractivity contribution in [1.29, 1.82) is 0 Å². The Morgan fingerprint density at radius 2 is 0.875 bits per heavy atom. The maximum atomic E-state index is 9.65. The average Bonchev–Trinajstić information content (AvgIpc) is 3.36. The molecule has 9 rings (SSSR count). The lowest BCUT2D eigenvalue weighted by Gasteiger charge is -2.15. The van der Waals surface area contributed by atoms with Gasteiger partial charge >= 0.3 is 0 Å². The van der Waals surface area contributed by atoms with Gasteiger partial charge in [-0.05, 0) is 66.7 Å². The molecule has 0 unspecified atom stereocenters. The number of hydrogen-bond donors (Lipinski definition) is 0. The first-order valence-electron chi connectivity index (χ1n) is 26.4. The summed E-state index contributed by atoms with van der Waals surface area (Å²) in [6.07, 6.45) is 0. The fourth-order valence-electron chi connectivity index (χ4n) is 5.35. The molecule has 0 atom stereocenters. The summed E-state index contributed by atoms with van der Waals surface area (Å²) in [5.41, 5.74) is -4.03. The van der Waals surface area contributed by atoms with Crippen LogP contribution in [-0.4, -0.2) is 9.97 Å². The molecule has 0 radical (unpaired) electrons. The van der Waals surface area contributed by atoms with Gasteiger partial charge in [-0.2, -0.15) is 0 Å². The first-order chi connectivity index (χ1) is 33.8. The van der Waals surface area contributed by atoms with Gasteiger partial charge in [-0.1, -0.05) is 169 Å². The number of fused-ring (bicyclic) bond motifs is 3. The maximum Gasteiger partial charge on any atom is 0.160 e. The molecule has 9 aromatic rings. The van der Waals surface area contributed by atoms with E-state index in [2.05, 4.69) is 9.97 Å². The van der Waals surface area contributed by atoms with Crippen LogP contribution in [0.5, 0.6) is 0 Å². The molecule has 0 aliphatic heterocycles. The average molecular weight is 635 g/mol. The van der Waals surface area contributed by atoms with Gasteiger partial charge in [-0.25, -0.2) is 9.97 Å². The lowest BCUT2D eigenvalue weighted by molar-refractivity contribution is 1.19. The Labute approximate surface area is 313 Å². The van der Waals surface area contributed by atoms with Crippen LogP contribution in [0.2, 0.25) is 0 Å². The van der Waals surface area contributed by atoms with Crippen LogP contribution in [-0.2, 0) is 0 Å². The van der Waals surface area contributed by atoms with Crippen molar-refractivity contribution in [1.82, 2.24) is 9.97 Å². The Morgan fingerprint density at radius 3 is 1.50 bits per heavy atom. The molecule has 0 spiro atoms. The second-order valence-corrected chi connectivity index (χ2v) is 10.3. The summed E-state index contributed by atoms with van der Waals surface area (Å²) >= 11 is 0. The van der Waals surface area contributed by atoms with Crippen LogP contribution in [0.1, 0.15) is 32.9 Å². The highest BCUT2D eigenvalue weighted by atomic mass is 14.9. The largest absolute Gasteiger partial charge is 0.228 e. The van der Waals surface area contributed by atoms with Crippen molar-refractivity contribution < 1.29 is 32.9 Å². The third-order valence-corrected chi connectivity index (χ3v) is 7.52. The van der Waals surface area contributed by atoms with Crippen molar-refractivity contribution >= 4 is 32.3 Å². The molecule has 48 heavy (non-hydrogen) atoms. The second kappa shape index (κ2) is 11.8. The number of benzene rings is 8. The predicted molar refractivity (Wildman–Crippen MR) is 202 cm³/mol. The van der Waals surface area contributed by atoms with Gasteiger partial charge in [0.2, 0.25) is 0 Å². The van der Waals surface area contributed by atoms with E-state index in [0.29, 0.717) is 5.56 Å². The predicted octanol–water partition coefficient (Wildman–Crippen LogP) is 12.3. The van der Waals surface area contributed by atoms with Crippen LogP contribution in [0.25, 0.3) is 88.5 Å². The third-order valence-electron chi connectivity index (χ3n) is 7.52. The summed E-state index contributed by atoms with van der Waals surface area (Å²) in [5, 5.41) is -2.94. The van der Waals surface area contributed by atoms with E-state index in [-0.39, 0.29) is 16.3 Å². The van der Waals surface area contributed by atoms with Gasteiger partial charge in [-0.15, -0.1) is 0 Å². The zero-order valence-corrected chi connectivity index (χ0v) is 24.4. The number of hydrogen-bond acceptors (Lipinski definition) is 2. The van der Waals surface area contributed by atoms with Crippen LogP contribution < -0.4 is 0 Å². The van der Waals surface area contributed by atoms with E-state index in [1.165, 1.54) is 0 Å². The molecule has 224 valence electrons. The monoisotopic (exact) mass is 634 g/mol. The third kappa shape index (κ3) is 4.92. The Hall–Kier alpha value is -6.38. The Bertz CT molecular complexity index is 3940. The Balaban J connectivity index is 1.52. The van der Waals surface area contributed by atoms with E-state index in [9.17, 15) is 11.0 Å². The molecule has 0 amide bonds. The van der Waals surface area contributed by atoms with Crippen molar-refractivity contribution in [3.8, 4) is 56.2 Å². The summed E-state index contributed by atoms with van der Waals surface area (Å²) in [5.74, 6) is -0.736. The SMILES string of the molecule is [2H]c1c([2H])c([2H])c(-c2nc(-c3c([2H])c([2H])c(-c4ccccc4)c4c([2H])c([2H])c([2H])c([2H])c34)cc(-c3c([2H])c([2H])c(-c4c([2H])c([2H])c5c([2H])c([2H])c([2H])c([2H])c5c4[2H])c4c([2H])c([2H])c([2H])c([2H])c34)n2)c([2H])c1[2H]. The first-order valence-corrected chi connectivity index (χ1v) is 14.4. The summed E-state index contributed by atoms with van der Waals surface area (Å²) < 4.78 is 214. The normalized spacial score (nSPS) is 18.3. The van der Waals surface area contributed by atoms with Crippen LogP contribution in [0.15, 0.2) is 181 Å². The fourth-order valence-corrected chi connectivity index (χ4v) is 5.35. The quantitative estimate of drug-likeness (QED) is 0.188. The van der Waals surface area contributed by atoms with Gasteiger partial charge < -0.3 is 0 Å². The van der Waals surface area contributed by atoms with E-state index in [1.807, 2.05) is 0 Å². The topological polar surface area (TPSA) is 25.8 Å². The van der Waals surface area contributed by atoms with Crippen LogP contribution in [0.3, 0.4) is 0 Å². The molecule has 0 bridgehead atoms. The van der Waals surface area contributed by atoms with E-state index in [4.69, 9.17) is 21.9 Å². The minimum absolute atomic E-state index is 0.0704. The number of rotatable bonds is 5. The molecular formula is C46H30N2. The van der Waals surface area contributed by atoms with Crippen LogP contribution in [0, 0.1) is 0 Å². The van der Waals surface area contributed by atoms with Crippen molar-refractivity contribution in [3.63, 3.8) is 0 Å². The molecule has 0 aliphatic carbocycles. The van der Waals surface area contributed by atoms with Gasteiger partial charge in [0.15, 0.2) is 5.82 Å². The van der Waals surface area contributed by atoms with E-state index >= 15 is 0 Å².